The van der Waals surface area contributed by atoms with Crippen molar-refractivity contribution in [2.75, 3.05) is 5.73 Å². The number of nitrogen functional groups attached to an aromatic ring is 1. The van der Waals surface area contributed by atoms with Crippen molar-refractivity contribution in [1.82, 2.24) is 15.1 Å². The van der Waals surface area contributed by atoms with Crippen molar-refractivity contribution in [2.24, 2.45) is 0 Å². The number of hydrogen-bond acceptors (Lipinski definition) is 5. The lowest BCUT2D eigenvalue weighted by atomic mass is 10.1. The Morgan fingerprint density at radius 3 is 2.90 bits per heavy atom. The average molecular weight is 280 g/mol. The molecule has 0 atom stereocenters. The Labute approximate surface area is 122 Å². The molecule has 5 heteroatoms. The minimum absolute atomic E-state index is 0.609. The number of anilines is 1. The Kier molecular flexibility index (Phi) is 3.64. The van der Waals surface area contributed by atoms with E-state index in [2.05, 4.69) is 15.1 Å². The van der Waals surface area contributed by atoms with Gasteiger partial charge in [0.15, 0.2) is 0 Å². The highest BCUT2D eigenvalue weighted by Gasteiger charge is 2.10. The van der Waals surface area contributed by atoms with Gasteiger partial charge in [0.25, 0.3) is 0 Å². The van der Waals surface area contributed by atoms with Crippen molar-refractivity contribution in [3.05, 3.63) is 59.7 Å². The lowest BCUT2D eigenvalue weighted by molar-refractivity contribution is 0.379. The van der Waals surface area contributed by atoms with Crippen LogP contribution in [0, 0.1) is 6.92 Å². The third kappa shape index (κ3) is 3.08. The Hall–Kier alpha value is -2.69. The summed E-state index contributed by atoms with van der Waals surface area (Å²) in [6, 6.07) is 9.72. The zero-order valence-electron chi connectivity index (χ0n) is 11.8. The number of pyridine rings is 1. The van der Waals surface area contributed by atoms with Crippen LogP contribution in [0.5, 0.6) is 0 Å². The summed E-state index contributed by atoms with van der Waals surface area (Å²) in [7, 11) is 0. The summed E-state index contributed by atoms with van der Waals surface area (Å²) < 4.78 is 5.31. The quantitative estimate of drug-likeness (QED) is 0.743. The lowest BCUT2D eigenvalue weighted by Crippen LogP contribution is -1.93. The van der Waals surface area contributed by atoms with Gasteiger partial charge < -0.3 is 10.3 Å². The SMILES string of the molecule is Cc1cnccc1-c1noc(CCc2cccc(N)c2)n1. The molecule has 0 aliphatic carbocycles. The molecular formula is C16H16N4O. The van der Waals surface area contributed by atoms with Crippen LogP contribution in [0.4, 0.5) is 5.69 Å². The number of rotatable bonds is 4. The number of nitrogens with zero attached hydrogens (tertiary/aromatic N) is 3. The summed E-state index contributed by atoms with van der Waals surface area (Å²) in [5.74, 6) is 1.24. The first-order valence-corrected chi connectivity index (χ1v) is 6.80. The minimum atomic E-state index is 0.609. The lowest BCUT2D eigenvalue weighted by Gasteiger charge is -1.99. The number of benzene rings is 1. The van der Waals surface area contributed by atoms with E-state index < -0.39 is 0 Å². The van der Waals surface area contributed by atoms with Crippen molar-refractivity contribution in [3.8, 4) is 11.4 Å². The van der Waals surface area contributed by atoms with Crippen LogP contribution in [0.2, 0.25) is 0 Å². The fraction of sp³-hybridized carbons (Fsp3) is 0.188. The van der Waals surface area contributed by atoms with Gasteiger partial charge in [0.2, 0.25) is 11.7 Å². The van der Waals surface area contributed by atoms with Gasteiger partial charge in [-0.2, -0.15) is 4.98 Å². The van der Waals surface area contributed by atoms with Crippen LogP contribution in [0.1, 0.15) is 17.0 Å². The number of nitrogens with two attached hydrogens (primary N) is 1. The molecule has 0 bridgehead atoms. The molecule has 2 heterocycles. The van der Waals surface area contributed by atoms with E-state index >= 15 is 0 Å². The molecule has 2 N–H and O–H groups in total. The summed E-state index contributed by atoms with van der Waals surface area (Å²) in [5.41, 5.74) is 9.67. The molecule has 0 unspecified atom stereocenters. The maximum Gasteiger partial charge on any atom is 0.227 e. The van der Waals surface area contributed by atoms with E-state index in [1.54, 1.807) is 12.4 Å². The van der Waals surface area contributed by atoms with E-state index in [0.29, 0.717) is 18.1 Å². The van der Waals surface area contributed by atoms with E-state index in [1.165, 1.54) is 0 Å². The van der Waals surface area contributed by atoms with Gasteiger partial charge in [-0.1, -0.05) is 17.3 Å². The van der Waals surface area contributed by atoms with Crippen molar-refractivity contribution in [2.45, 2.75) is 19.8 Å². The van der Waals surface area contributed by atoms with Gasteiger partial charge in [-0.25, -0.2) is 0 Å². The van der Waals surface area contributed by atoms with Crippen LogP contribution in [0.25, 0.3) is 11.4 Å². The van der Waals surface area contributed by atoms with E-state index in [9.17, 15) is 0 Å². The fourth-order valence-corrected chi connectivity index (χ4v) is 2.19. The van der Waals surface area contributed by atoms with Crippen molar-refractivity contribution >= 4 is 5.69 Å². The summed E-state index contributed by atoms with van der Waals surface area (Å²) in [5, 5.41) is 4.04. The maximum atomic E-state index is 5.77. The highest BCUT2D eigenvalue weighted by atomic mass is 16.5. The van der Waals surface area contributed by atoms with Crippen LogP contribution in [0.15, 0.2) is 47.2 Å². The predicted molar refractivity (Wildman–Crippen MR) is 80.5 cm³/mol. The highest BCUT2D eigenvalue weighted by Crippen LogP contribution is 2.19. The molecule has 0 amide bonds. The van der Waals surface area contributed by atoms with Crippen LogP contribution in [0.3, 0.4) is 0 Å². The molecule has 0 aliphatic rings. The topological polar surface area (TPSA) is 77.8 Å². The summed E-state index contributed by atoms with van der Waals surface area (Å²) in [6.07, 6.45) is 5.03. The van der Waals surface area contributed by atoms with Gasteiger partial charge in [0.1, 0.15) is 0 Å². The minimum Gasteiger partial charge on any atom is -0.399 e. The van der Waals surface area contributed by atoms with Gasteiger partial charge in [-0.3, -0.25) is 4.98 Å². The predicted octanol–water partition coefficient (Wildman–Crippen LogP) is 2.81. The molecule has 3 aromatic rings. The molecule has 0 saturated carbocycles. The van der Waals surface area contributed by atoms with Gasteiger partial charge in [0.05, 0.1) is 0 Å². The molecule has 5 nitrogen and oxygen atoms in total. The zero-order valence-corrected chi connectivity index (χ0v) is 11.8. The molecule has 2 aromatic heterocycles. The van der Waals surface area contributed by atoms with Crippen molar-refractivity contribution in [3.63, 3.8) is 0 Å². The van der Waals surface area contributed by atoms with E-state index in [1.807, 2.05) is 37.3 Å². The second kappa shape index (κ2) is 5.75. The average Bonchev–Trinajstić information content (AvgIpc) is 2.94. The van der Waals surface area contributed by atoms with Crippen LogP contribution in [-0.4, -0.2) is 15.1 Å². The monoisotopic (exact) mass is 280 g/mol. The Morgan fingerprint density at radius 2 is 2.10 bits per heavy atom. The van der Waals surface area contributed by atoms with Gasteiger partial charge in [-0.15, -0.1) is 0 Å². The highest BCUT2D eigenvalue weighted by molar-refractivity contribution is 5.57. The fourth-order valence-electron chi connectivity index (χ4n) is 2.19. The third-order valence-corrected chi connectivity index (χ3v) is 3.31. The van der Waals surface area contributed by atoms with Gasteiger partial charge in [0, 0.05) is 30.1 Å². The van der Waals surface area contributed by atoms with E-state index in [4.69, 9.17) is 10.3 Å². The molecule has 3 rings (SSSR count). The second-order valence-corrected chi connectivity index (χ2v) is 4.95. The molecule has 1 aromatic carbocycles. The Bertz CT molecular complexity index is 751. The van der Waals surface area contributed by atoms with Gasteiger partial charge >= 0.3 is 0 Å². The van der Waals surface area contributed by atoms with Crippen LogP contribution >= 0.6 is 0 Å². The molecule has 21 heavy (non-hydrogen) atoms. The van der Waals surface area contributed by atoms with E-state index in [-0.39, 0.29) is 0 Å². The molecule has 0 saturated heterocycles. The molecule has 0 fully saturated rings. The number of aryl methyl sites for hydroxylation is 3. The smallest absolute Gasteiger partial charge is 0.227 e. The molecule has 0 aliphatic heterocycles. The summed E-state index contributed by atoms with van der Waals surface area (Å²) in [6.45, 7) is 1.98. The maximum absolute atomic E-state index is 5.77. The second-order valence-electron chi connectivity index (χ2n) is 4.95. The first-order chi connectivity index (χ1) is 10.2. The number of hydrogen-bond donors (Lipinski definition) is 1. The van der Waals surface area contributed by atoms with Crippen LogP contribution in [-0.2, 0) is 12.8 Å². The summed E-state index contributed by atoms with van der Waals surface area (Å²) >= 11 is 0. The van der Waals surface area contributed by atoms with Gasteiger partial charge in [-0.05, 0) is 42.7 Å². The summed E-state index contributed by atoms with van der Waals surface area (Å²) in [4.78, 5) is 8.51. The largest absolute Gasteiger partial charge is 0.399 e. The Morgan fingerprint density at radius 1 is 1.19 bits per heavy atom. The molecule has 0 radical (unpaired) electrons. The molecule has 106 valence electrons. The first-order valence-electron chi connectivity index (χ1n) is 6.80. The standard InChI is InChI=1S/C16H16N4O/c1-11-10-18-8-7-14(11)16-19-15(21-20-16)6-5-12-3-2-4-13(17)9-12/h2-4,7-10H,5-6,17H2,1H3. The van der Waals surface area contributed by atoms with Crippen molar-refractivity contribution < 1.29 is 4.52 Å². The van der Waals surface area contributed by atoms with E-state index in [0.717, 1.165) is 28.8 Å². The van der Waals surface area contributed by atoms with Crippen molar-refractivity contribution in [1.29, 1.82) is 0 Å². The molecular weight excluding hydrogens is 264 g/mol. The number of aromatic nitrogens is 3. The molecule has 0 spiro atoms. The third-order valence-electron chi connectivity index (χ3n) is 3.31. The first kappa shape index (κ1) is 13.3. The normalized spacial score (nSPS) is 10.7. The zero-order chi connectivity index (χ0) is 14.7. The Balaban J connectivity index is 1.72. The van der Waals surface area contributed by atoms with Crippen LogP contribution < -0.4 is 5.73 Å².